The summed E-state index contributed by atoms with van der Waals surface area (Å²) in [7, 11) is 1.66. The van der Waals surface area contributed by atoms with Gasteiger partial charge in [-0.1, -0.05) is 65.7 Å². The van der Waals surface area contributed by atoms with Gasteiger partial charge in [0, 0.05) is 68.0 Å². The van der Waals surface area contributed by atoms with E-state index < -0.39 is 0 Å². The van der Waals surface area contributed by atoms with Crippen LogP contribution in [0.5, 0.6) is 5.75 Å². The molecule has 3 rings (SSSR count). The van der Waals surface area contributed by atoms with E-state index in [4.69, 9.17) is 4.74 Å². The lowest BCUT2D eigenvalue weighted by Crippen LogP contribution is -2.51. The summed E-state index contributed by atoms with van der Waals surface area (Å²) in [6.45, 7) is 7.04. The third-order valence-corrected chi connectivity index (χ3v) is 6.77. The Labute approximate surface area is 223 Å². The van der Waals surface area contributed by atoms with E-state index in [0.29, 0.717) is 32.6 Å². The molecular weight excluding hydrogens is 520 g/mol. The minimum atomic E-state index is -0.0782. The summed E-state index contributed by atoms with van der Waals surface area (Å²) in [4.78, 5) is 31.6. The first kappa shape index (κ1) is 27.7. The van der Waals surface area contributed by atoms with E-state index >= 15 is 0 Å². The van der Waals surface area contributed by atoms with Gasteiger partial charge in [-0.2, -0.15) is 0 Å². The first-order valence-corrected chi connectivity index (χ1v) is 13.4. The molecule has 1 saturated heterocycles. The van der Waals surface area contributed by atoms with Gasteiger partial charge >= 0.3 is 6.03 Å². The van der Waals surface area contributed by atoms with Gasteiger partial charge in [-0.25, -0.2) is 4.79 Å². The number of amides is 3. The fourth-order valence-electron chi connectivity index (χ4n) is 4.12. The van der Waals surface area contributed by atoms with Crippen molar-refractivity contribution in [2.75, 3.05) is 58.2 Å². The highest BCUT2D eigenvalue weighted by Crippen LogP contribution is 2.19. The lowest BCUT2D eigenvalue weighted by atomic mass is 10.2. The summed E-state index contributed by atoms with van der Waals surface area (Å²) in [5.41, 5.74) is 1.78. The van der Waals surface area contributed by atoms with E-state index in [0.717, 1.165) is 53.9 Å². The Morgan fingerprint density at radius 2 is 1.89 bits per heavy atom. The number of hydrogen-bond acceptors (Lipinski definition) is 4. The molecule has 0 saturated carbocycles. The molecule has 2 aromatic carbocycles. The Hall–Kier alpha value is -2.84. The number of halogens is 1. The Bertz CT molecular complexity index is 1020. The molecule has 3 amide bonds. The molecule has 0 atom stereocenters. The quantitative estimate of drug-likeness (QED) is 0.405. The van der Waals surface area contributed by atoms with Crippen LogP contribution in [0, 0.1) is 0 Å². The Morgan fingerprint density at radius 3 is 2.61 bits per heavy atom. The minimum absolute atomic E-state index is 0.0782. The average Bonchev–Trinajstić information content (AvgIpc) is 2.89. The second-order valence-corrected chi connectivity index (χ2v) is 9.77. The summed E-state index contributed by atoms with van der Waals surface area (Å²) in [5, 5.41) is 2.97. The van der Waals surface area contributed by atoms with Gasteiger partial charge in [-0.3, -0.25) is 9.69 Å². The number of para-hydroxylation sites is 1. The number of nitrogens with zero attached hydrogens (tertiary/aromatic N) is 3. The molecule has 1 heterocycles. The summed E-state index contributed by atoms with van der Waals surface area (Å²) >= 11 is 3.43. The van der Waals surface area contributed by atoms with Crippen molar-refractivity contribution in [2.24, 2.45) is 0 Å². The number of rotatable bonds is 11. The number of ether oxygens (including phenoxy) is 1. The van der Waals surface area contributed by atoms with Crippen molar-refractivity contribution >= 4 is 39.6 Å². The first-order valence-electron chi connectivity index (χ1n) is 12.6. The average molecular weight is 558 g/mol. The van der Waals surface area contributed by atoms with Crippen LogP contribution in [-0.2, 0) is 4.79 Å². The van der Waals surface area contributed by atoms with Gasteiger partial charge in [0.15, 0.2) is 0 Å². The zero-order valence-corrected chi connectivity index (χ0v) is 22.9. The number of methoxy groups -OCH3 is 1. The molecule has 0 aliphatic carbocycles. The van der Waals surface area contributed by atoms with Crippen LogP contribution in [0.3, 0.4) is 0 Å². The molecule has 0 radical (unpaired) electrons. The molecule has 0 aromatic heterocycles. The summed E-state index contributed by atoms with van der Waals surface area (Å²) in [5.74, 6) is 1.01. The van der Waals surface area contributed by atoms with Crippen molar-refractivity contribution in [3.63, 3.8) is 0 Å². The second-order valence-electron chi connectivity index (χ2n) is 8.86. The van der Waals surface area contributed by atoms with Gasteiger partial charge in [0.25, 0.3) is 0 Å². The van der Waals surface area contributed by atoms with Crippen LogP contribution in [0.4, 0.5) is 10.5 Å². The molecule has 0 unspecified atom stereocenters. The van der Waals surface area contributed by atoms with Gasteiger partial charge in [0.05, 0.1) is 7.11 Å². The lowest BCUT2D eigenvalue weighted by molar-refractivity contribution is -0.131. The lowest BCUT2D eigenvalue weighted by Gasteiger charge is -2.35. The van der Waals surface area contributed by atoms with Crippen LogP contribution in [-0.4, -0.2) is 79.6 Å². The van der Waals surface area contributed by atoms with E-state index in [1.165, 1.54) is 0 Å². The molecule has 2 aromatic rings. The highest BCUT2D eigenvalue weighted by molar-refractivity contribution is 9.10. The standard InChI is InChI=1S/C28H37BrN4O3/c1-3-4-14-27(34)32(15-8-10-23-9-5-6-13-26(23)36-2)19-16-31-17-20-33(21-18-31)28(35)30-25-12-7-11-24(29)22-25/h5-13,22H,3-4,14-21H2,1-2H3,(H,30,35)/b10-8+. The highest BCUT2D eigenvalue weighted by Gasteiger charge is 2.22. The molecular formula is C28H37BrN4O3. The summed E-state index contributed by atoms with van der Waals surface area (Å²) in [6, 6.07) is 15.4. The predicted octanol–water partition coefficient (Wildman–Crippen LogP) is 5.34. The topological polar surface area (TPSA) is 65.1 Å². The van der Waals surface area contributed by atoms with E-state index in [9.17, 15) is 9.59 Å². The van der Waals surface area contributed by atoms with Crippen molar-refractivity contribution in [3.8, 4) is 5.75 Å². The fourth-order valence-corrected chi connectivity index (χ4v) is 4.52. The summed E-state index contributed by atoms with van der Waals surface area (Å²) < 4.78 is 6.35. The van der Waals surface area contributed by atoms with Gasteiger partial charge in [0.1, 0.15) is 5.75 Å². The van der Waals surface area contributed by atoms with E-state index in [2.05, 4.69) is 33.1 Å². The van der Waals surface area contributed by atoms with Crippen molar-refractivity contribution in [3.05, 3.63) is 64.6 Å². The molecule has 1 fully saturated rings. The third-order valence-electron chi connectivity index (χ3n) is 6.28. The normalized spacial score (nSPS) is 14.1. The molecule has 36 heavy (non-hydrogen) atoms. The summed E-state index contributed by atoms with van der Waals surface area (Å²) in [6.07, 6.45) is 6.52. The zero-order valence-electron chi connectivity index (χ0n) is 21.3. The Kier molecular flexibility index (Phi) is 11.3. The molecule has 194 valence electrons. The Balaban J connectivity index is 1.49. The van der Waals surface area contributed by atoms with E-state index in [-0.39, 0.29) is 11.9 Å². The highest BCUT2D eigenvalue weighted by atomic mass is 79.9. The molecule has 1 aliphatic heterocycles. The van der Waals surface area contributed by atoms with Gasteiger partial charge in [-0.15, -0.1) is 0 Å². The molecule has 0 bridgehead atoms. The maximum Gasteiger partial charge on any atom is 0.321 e. The third kappa shape index (κ3) is 8.68. The second kappa shape index (κ2) is 14.7. The van der Waals surface area contributed by atoms with Gasteiger partial charge in [0.2, 0.25) is 5.91 Å². The number of carbonyl (C=O) groups is 2. The number of piperazine rings is 1. The fraction of sp³-hybridized carbons (Fsp3) is 0.429. The Morgan fingerprint density at radius 1 is 1.11 bits per heavy atom. The SMILES string of the molecule is CCCCC(=O)N(C/C=C/c1ccccc1OC)CCN1CCN(C(=O)Nc2cccc(Br)c2)CC1. The van der Waals surface area contributed by atoms with Crippen molar-refractivity contribution in [1.82, 2.24) is 14.7 Å². The van der Waals surface area contributed by atoms with Crippen LogP contribution in [0.1, 0.15) is 31.7 Å². The van der Waals surface area contributed by atoms with Gasteiger partial charge in [-0.05, 0) is 30.7 Å². The first-order chi connectivity index (χ1) is 17.5. The largest absolute Gasteiger partial charge is 0.496 e. The number of benzene rings is 2. The number of hydrogen-bond donors (Lipinski definition) is 1. The number of nitrogens with one attached hydrogen (secondary N) is 1. The van der Waals surface area contributed by atoms with Crippen LogP contribution < -0.4 is 10.1 Å². The number of anilines is 1. The van der Waals surface area contributed by atoms with Crippen LogP contribution in [0.15, 0.2) is 59.1 Å². The number of unbranched alkanes of at least 4 members (excludes halogenated alkanes) is 1. The van der Waals surface area contributed by atoms with E-state index in [1.807, 2.05) is 70.5 Å². The zero-order chi connectivity index (χ0) is 25.8. The van der Waals surface area contributed by atoms with Crippen LogP contribution in [0.2, 0.25) is 0 Å². The van der Waals surface area contributed by atoms with Crippen molar-refractivity contribution in [2.45, 2.75) is 26.2 Å². The predicted molar refractivity (Wildman–Crippen MR) is 149 cm³/mol. The number of urea groups is 1. The number of carbonyl (C=O) groups excluding carboxylic acids is 2. The van der Waals surface area contributed by atoms with E-state index in [1.54, 1.807) is 7.11 Å². The van der Waals surface area contributed by atoms with Crippen molar-refractivity contribution < 1.29 is 14.3 Å². The van der Waals surface area contributed by atoms with Crippen molar-refractivity contribution in [1.29, 1.82) is 0 Å². The molecule has 7 nitrogen and oxygen atoms in total. The maximum atomic E-state index is 12.9. The van der Waals surface area contributed by atoms with Gasteiger partial charge < -0.3 is 19.9 Å². The van der Waals surface area contributed by atoms with Crippen LogP contribution >= 0.6 is 15.9 Å². The minimum Gasteiger partial charge on any atom is -0.496 e. The monoisotopic (exact) mass is 556 g/mol. The molecule has 1 N–H and O–H groups in total. The molecule has 8 heteroatoms. The molecule has 1 aliphatic rings. The smallest absolute Gasteiger partial charge is 0.321 e. The maximum absolute atomic E-state index is 12.9. The molecule has 0 spiro atoms. The van der Waals surface area contributed by atoms with Crippen LogP contribution in [0.25, 0.3) is 6.08 Å².